The molecule has 0 aromatic carbocycles. The van der Waals surface area contributed by atoms with E-state index in [4.69, 9.17) is 0 Å². The minimum absolute atomic E-state index is 0. The van der Waals surface area contributed by atoms with Gasteiger partial charge in [0.05, 0.1) is 0 Å². The van der Waals surface area contributed by atoms with Gasteiger partial charge in [-0.25, -0.2) is 4.79 Å². The van der Waals surface area contributed by atoms with Gasteiger partial charge in [0.25, 0.3) is 11.5 Å². The predicted octanol–water partition coefficient (Wildman–Crippen LogP) is -0.939. The number of rotatable bonds is 4. The molecule has 1 saturated heterocycles. The molecular weight excluding hydrogens is 367 g/mol. The van der Waals surface area contributed by atoms with Gasteiger partial charge in [0.1, 0.15) is 11.6 Å². The zero-order chi connectivity index (χ0) is 17.9. The van der Waals surface area contributed by atoms with Crippen LogP contribution in [0.1, 0.15) is 10.4 Å². The lowest BCUT2D eigenvalue weighted by Gasteiger charge is -2.35. The molecule has 3 N–H and O–H groups in total. The molecule has 0 aliphatic carbocycles. The number of piperazine rings is 1. The third-order valence-electron chi connectivity index (χ3n) is 3.78. The zero-order valence-electron chi connectivity index (χ0n) is 13.4. The minimum Gasteiger partial charge on any atom is -0.350 e. The van der Waals surface area contributed by atoms with E-state index in [0.29, 0.717) is 13.1 Å². The number of aromatic nitrogens is 2. The van der Waals surface area contributed by atoms with Crippen LogP contribution in [0.25, 0.3) is 0 Å². The number of H-pyrrole nitrogens is 1. The Hall–Kier alpha value is -1.85. The number of nitrogens with one attached hydrogen (secondary N) is 3. The molecular formula is C13H19ClF3N5O3. The molecule has 1 atom stereocenters. The van der Waals surface area contributed by atoms with Crippen LogP contribution >= 0.6 is 12.4 Å². The first-order valence-corrected chi connectivity index (χ1v) is 7.30. The van der Waals surface area contributed by atoms with Crippen molar-refractivity contribution in [2.24, 2.45) is 7.05 Å². The highest BCUT2D eigenvalue weighted by atomic mass is 35.5. The van der Waals surface area contributed by atoms with Crippen LogP contribution in [-0.4, -0.2) is 65.3 Å². The van der Waals surface area contributed by atoms with Crippen molar-refractivity contribution in [2.75, 3.05) is 32.7 Å². The van der Waals surface area contributed by atoms with E-state index < -0.39 is 41.5 Å². The van der Waals surface area contributed by atoms with Gasteiger partial charge in [-0.05, 0) is 0 Å². The van der Waals surface area contributed by atoms with Crippen LogP contribution < -0.4 is 21.9 Å². The molecule has 25 heavy (non-hydrogen) atoms. The maximum absolute atomic E-state index is 13.2. The quantitative estimate of drug-likeness (QED) is 0.621. The standard InChI is InChI=1S/C13H18F3N5O3.ClH/c1-20-7-8(11(23)19-12(20)24)10(22)18-6-9(13(14,15)16)21-4-2-17-3-5-21;/h7,9,17H,2-6H2,1H3,(H,18,22)(H,19,23,24);1H. The van der Waals surface area contributed by atoms with Crippen molar-refractivity contribution < 1.29 is 18.0 Å². The van der Waals surface area contributed by atoms with Gasteiger partial charge in [0, 0.05) is 46.0 Å². The molecule has 2 heterocycles. The largest absolute Gasteiger partial charge is 0.405 e. The number of hydrogen-bond donors (Lipinski definition) is 3. The molecule has 12 heteroatoms. The smallest absolute Gasteiger partial charge is 0.350 e. The highest BCUT2D eigenvalue weighted by Gasteiger charge is 2.43. The van der Waals surface area contributed by atoms with Gasteiger partial charge in [-0.3, -0.25) is 19.5 Å². The van der Waals surface area contributed by atoms with Crippen LogP contribution in [0, 0.1) is 0 Å². The molecule has 1 aromatic heterocycles. The molecule has 0 spiro atoms. The fraction of sp³-hybridized carbons (Fsp3) is 0.615. The summed E-state index contributed by atoms with van der Waals surface area (Å²) in [6.45, 7) is 0.605. The highest BCUT2D eigenvalue weighted by Crippen LogP contribution is 2.24. The van der Waals surface area contributed by atoms with E-state index >= 15 is 0 Å². The molecule has 0 radical (unpaired) electrons. The first-order chi connectivity index (χ1) is 11.2. The lowest BCUT2D eigenvalue weighted by molar-refractivity contribution is -0.183. The number of carbonyl (C=O) groups is 1. The van der Waals surface area contributed by atoms with Crippen LogP contribution in [0.5, 0.6) is 0 Å². The van der Waals surface area contributed by atoms with Crippen LogP contribution in [0.3, 0.4) is 0 Å². The highest BCUT2D eigenvalue weighted by molar-refractivity contribution is 5.93. The molecule has 1 fully saturated rings. The fourth-order valence-electron chi connectivity index (χ4n) is 2.46. The number of halogens is 4. The van der Waals surface area contributed by atoms with E-state index in [2.05, 4.69) is 10.6 Å². The van der Waals surface area contributed by atoms with Crippen molar-refractivity contribution in [3.8, 4) is 0 Å². The molecule has 1 aliphatic heterocycles. The Morgan fingerprint density at radius 2 is 1.92 bits per heavy atom. The number of aryl methyl sites for hydroxylation is 1. The summed E-state index contributed by atoms with van der Waals surface area (Å²) in [6, 6.07) is -1.84. The van der Waals surface area contributed by atoms with Crippen molar-refractivity contribution in [2.45, 2.75) is 12.2 Å². The molecule has 1 aromatic rings. The van der Waals surface area contributed by atoms with Gasteiger partial charge in [0.15, 0.2) is 0 Å². The maximum Gasteiger partial charge on any atom is 0.405 e. The molecule has 142 valence electrons. The Morgan fingerprint density at radius 3 is 2.48 bits per heavy atom. The lowest BCUT2D eigenvalue weighted by Crippen LogP contribution is -2.57. The van der Waals surface area contributed by atoms with E-state index in [-0.39, 0.29) is 25.5 Å². The van der Waals surface area contributed by atoms with E-state index in [0.717, 1.165) is 10.8 Å². The average molecular weight is 386 g/mol. The van der Waals surface area contributed by atoms with Crippen LogP contribution in [-0.2, 0) is 7.05 Å². The van der Waals surface area contributed by atoms with Gasteiger partial charge in [-0.1, -0.05) is 0 Å². The first kappa shape index (κ1) is 21.2. The van der Waals surface area contributed by atoms with Gasteiger partial charge in [-0.15, -0.1) is 12.4 Å². The SMILES string of the molecule is Cl.Cn1cc(C(=O)NCC(N2CCNCC2)C(F)(F)F)c(=O)[nH]c1=O. The summed E-state index contributed by atoms with van der Waals surface area (Å²) in [5, 5.41) is 5.09. The van der Waals surface area contributed by atoms with Crippen LogP contribution in [0.4, 0.5) is 13.2 Å². The number of amides is 1. The molecule has 1 unspecified atom stereocenters. The summed E-state index contributed by atoms with van der Waals surface area (Å²) in [5.74, 6) is -0.962. The van der Waals surface area contributed by atoms with E-state index in [9.17, 15) is 27.6 Å². The molecule has 0 saturated carbocycles. The Kier molecular flexibility index (Phi) is 7.20. The third kappa shape index (κ3) is 5.31. The van der Waals surface area contributed by atoms with E-state index in [1.165, 1.54) is 11.9 Å². The van der Waals surface area contributed by atoms with Crippen molar-refractivity contribution in [3.05, 3.63) is 32.6 Å². The molecule has 1 aliphatic rings. The van der Waals surface area contributed by atoms with Crippen molar-refractivity contribution in [1.29, 1.82) is 0 Å². The summed E-state index contributed by atoms with van der Waals surface area (Å²) >= 11 is 0. The summed E-state index contributed by atoms with van der Waals surface area (Å²) < 4.78 is 40.6. The fourth-order valence-corrected chi connectivity index (χ4v) is 2.46. The van der Waals surface area contributed by atoms with E-state index in [1.54, 1.807) is 0 Å². The van der Waals surface area contributed by atoms with Crippen molar-refractivity contribution in [3.63, 3.8) is 0 Å². The van der Waals surface area contributed by atoms with Crippen LogP contribution in [0.15, 0.2) is 15.8 Å². The zero-order valence-corrected chi connectivity index (χ0v) is 14.2. The first-order valence-electron chi connectivity index (χ1n) is 7.30. The number of carbonyl (C=O) groups excluding carboxylic acids is 1. The Labute approximate surface area is 146 Å². The Balaban J connectivity index is 0.00000312. The topological polar surface area (TPSA) is 99.2 Å². The van der Waals surface area contributed by atoms with Gasteiger partial charge < -0.3 is 15.2 Å². The van der Waals surface area contributed by atoms with Crippen LogP contribution in [0.2, 0.25) is 0 Å². The van der Waals surface area contributed by atoms with Crippen molar-refractivity contribution in [1.82, 2.24) is 25.1 Å². The third-order valence-corrected chi connectivity index (χ3v) is 3.78. The Bertz CT molecular complexity index is 712. The number of alkyl halides is 3. The average Bonchev–Trinajstić information content (AvgIpc) is 2.50. The summed E-state index contributed by atoms with van der Waals surface area (Å²) in [6.07, 6.45) is -3.52. The molecule has 1 amide bonds. The summed E-state index contributed by atoms with van der Waals surface area (Å²) in [5.41, 5.74) is -2.08. The second kappa shape index (κ2) is 8.50. The number of hydrogen-bond acceptors (Lipinski definition) is 5. The lowest BCUT2D eigenvalue weighted by atomic mass is 10.2. The van der Waals surface area contributed by atoms with Gasteiger partial charge in [-0.2, -0.15) is 13.2 Å². The minimum atomic E-state index is -4.51. The normalized spacial score (nSPS) is 16.8. The van der Waals surface area contributed by atoms with Gasteiger partial charge >= 0.3 is 11.9 Å². The predicted molar refractivity (Wildman–Crippen MR) is 86.2 cm³/mol. The second-order valence-corrected chi connectivity index (χ2v) is 5.47. The van der Waals surface area contributed by atoms with E-state index in [1.807, 2.05) is 4.98 Å². The molecule has 8 nitrogen and oxygen atoms in total. The number of aromatic amines is 1. The molecule has 2 rings (SSSR count). The van der Waals surface area contributed by atoms with Gasteiger partial charge in [0.2, 0.25) is 0 Å². The summed E-state index contributed by atoms with van der Waals surface area (Å²) in [4.78, 5) is 38.0. The van der Waals surface area contributed by atoms with Crippen molar-refractivity contribution >= 4 is 18.3 Å². The second-order valence-electron chi connectivity index (χ2n) is 5.47. The Morgan fingerprint density at radius 1 is 1.32 bits per heavy atom. The number of nitrogens with zero attached hydrogens (tertiary/aromatic N) is 2. The molecule has 0 bridgehead atoms. The monoisotopic (exact) mass is 385 g/mol. The summed E-state index contributed by atoms with van der Waals surface area (Å²) in [7, 11) is 1.31. The maximum atomic E-state index is 13.2.